The molecule has 2 rings (SSSR count). The number of para-hydroxylation sites is 1. The van der Waals surface area contributed by atoms with E-state index in [1.54, 1.807) is 0 Å². The summed E-state index contributed by atoms with van der Waals surface area (Å²) in [6, 6.07) is 17.5. The first kappa shape index (κ1) is 14.6. The number of rotatable bonds is 5. The average molecular weight is 286 g/mol. The monoisotopic (exact) mass is 286 g/mol. The Balaban J connectivity index is 1.89. The molecule has 0 fully saturated rings. The summed E-state index contributed by atoms with van der Waals surface area (Å²) in [6.45, 7) is 1.95. The number of benzene rings is 2. The Morgan fingerprint density at radius 1 is 1.20 bits per heavy atom. The molecular weight excluding hydrogens is 268 g/mol. The van der Waals surface area contributed by atoms with Gasteiger partial charge in [-0.2, -0.15) is 0 Å². The molecule has 1 atom stereocenters. The molecule has 0 radical (unpaired) electrons. The summed E-state index contributed by atoms with van der Waals surface area (Å²) in [7, 11) is 0. The lowest BCUT2D eigenvalue weighted by atomic mass is 10.1. The maximum atomic E-state index is 11.8. The lowest BCUT2D eigenvalue weighted by Gasteiger charge is -2.08. The molecule has 0 aromatic heterocycles. The quantitative estimate of drug-likeness (QED) is 0.828. The van der Waals surface area contributed by atoms with Crippen LogP contribution >= 0.6 is 11.8 Å². The summed E-state index contributed by atoms with van der Waals surface area (Å²) in [6.07, 6.45) is 0. The van der Waals surface area contributed by atoms with Crippen LogP contribution in [0.15, 0.2) is 59.5 Å². The molecule has 0 bridgehead atoms. The first-order valence-corrected chi connectivity index (χ1v) is 7.47. The highest BCUT2D eigenvalue weighted by Crippen LogP contribution is 2.21. The normalized spacial score (nSPS) is 11.9. The number of hydrogen-bond donors (Lipinski definition) is 2. The minimum absolute atomic E-state index is 0.00704. The van der Waals surface area contributed by atoms with Gasteiger partial charge in [0.2, 0.25) is 5.91 Å². The molecule has 3 N–H and O–H groups in total. The Bertz CT molecular complexity index is 570. The Labute approximate surface area is 123 Å². The third-order valence-electron chi connectivity index (χ3n) is 2.81. The van der Waals surface area contributed by atoms with Crippen LogP contribution in [0.3, 0.4) is 0 Å². The fourth-order valence-corrected chi connectivity index (χ4v) is 2.52. The molecule has 0 saturated carbocycles. The van der Waals surface area contributed by atoms with E-state index in [0.29, 0.717) is 5.75 Å². The van der Waals surface area contributed by atoms with E-state index in [2.05, 4.69) is 5.32 Å². The molecule has 0 heterocycles. The number of nitrogens with two attached hydrogens (primary N) is 1. The second-order valence-electron chi connectivity index (χ2n) is 4.56. The fourth-order valence-electron chi connectivity index (χ4n) is 1.75. The standard InChI is InChI=1S/C16H18N2OS/c1-12(17)13-6-5-9-15(10-13)20-11-16(19)18-14-7-3-2-4-8-14/h2-10,12H,11,17H2,1H3,(H,18,19). The van der Waals surface area contributed by atoms with Crippen LogP contribution in [-0.2, 0) is 4.79 Å². The molecule has 1 amide bonds. The highest BCUT2D eigenvalue weighted by Gasteiger charge is 2.05. The first-order valence-electron chi connectivity index (χ1n) is 6.48. The third kappa shape index (κ3) is 4.40. The van der Waals surface area contributed by atoms with E-state index >= 15 is 0 Å². The maximum absolute atomic E-state index is 11.8. The van der Waals surface area contributed by atoms with Gasteiger partial charge in [-0.3, -0.25) is 4.79 Å². The van der Waals surface area contributed by atoms with Gasteiger partial charge in [-0.05, 0) is 36.8 Å². The van der Waals surface area contributed by atoms with Crippen molar-refractivity contribution < 1.29 is 4.79 Å². The van der Waals surface area contributed by atoms with Gasteiger partial charge in [0, 0.05) is 16.6 Å². The van der Waals surface area contributed by atoms with Crippen molar-refractivity contribution in [2.45, 2.75) is 17.9 Å². The van der Waals surface area contributed by atoms with Crippen LogP contribution < -0.4 is 11.1 Å². The predicted octanol–water partition coefficient (Wildman–Crippen LogP) is 3.44. The van der Waals surface area contributed by atoms with Crippen molar-refractivity contribution >= 4 is 23.4 Å². The van der Waals surface area contributed by atoms with E-state index in [-0.39, 0.29) is 11.9 Å². The second kappa shape index (κ2) is 7.12. The Morgan fingerprint density at radius 3 is 2.65 bits per heavy atom. The first-order chi connectivity index (χ1) is 9.65. The number of nitrogens with one attached hydrogen (secondary N) is 1. The topological polar surface area (TPSA) is 55.1 Å². The van der Waals surface area contributed by atoms with Gasteiger partial charge in [0.15, 0.2) is 0 Å². The van der Waals surface area contributed by atoms with Crippen molar-refractivity contribution in [3.8, 4) is 0 Å². The summed E-state index contributed by atoms with van der Waals surface area (Å²) >= 11 is 1.51. The molecule has 2 aromatic carbocycles. The van der Waals surface area contributed by atoms with Crippen LogP contribution in [0.5, 0.6) is 0 Å². The summed E-state index contributed by atoms with van der Waals surface area (Å²) < 4.78 is 0. The second-order valence-corrected chi connectivity index (χ2v) is 5.61. The van der Waals surface area contributed by atoms with Crippen molar-refractivity contribution in [2.75, 3.05) is 11.1 Å². The van der Waals surface area contributed by atoms with Gasteiger partial charge < -0.3 is 11.1 Å². The fraction of sp³-hybridized carbons (Fsp3) is 0.188. The lowest BCUT2D eigenvalue weighted by molar-refractivity contribution is -0.113. The van der Waals surface area contributed by atoms with E-state index in [1.165, 1.54) is 11.8 Å². The van der Waals surface area contributed by atoms with Crippen molar-refractivity contribution in [3.05, 3.63) is 60.2 Å². The minimum Gasteiger partial charge on any atom is -0.325 e. The largest absolute Gasteiger partial charge is 0.325 e. The van der Waals surface area contributed by atoms with Gasteiger partial charge in [0.1, 0.15) is 0 Å². The van der Waals surface area contributed by atoms with Crippen LogP contribution in [0, 0.1) is 0 Å². The summed E-state index contributed by atoms with van der Waals surface area (Å²) in [5, 5.41) is 2.87. The van der Waals surface area contributed by atoms with Crippen molar-refractivity contribution in [1.29, 1.82) is 0 Å². The molecule has 20 heavy (non-hydrogen) atoms. The van der Waals surface area contributed by atoms with Crippen LogP contribution in [-0.4, -0.2) is 11.7 Å². The van der Waals surface area contributed by atoms with Crippen molar-refractivity contribution in [3.63, 3.8) is 0 Å². The molecular formula is C16H18N2OS. The summed E-state index contributed by atoms with van der Waals surface area (Å²) in [4.78, 5) is 12.9. The molecule has 104 valence electrons. The number of thioether (sulfide) groups is 1. The molecule has 0 aliphatic rings. The molecule has 0 spiro atoms. The summed E-state index contributed by atoms with van der Waals surface area (Å²) in [5.74, 6) is 0.379. The van der Waals surface area contributed by atoms with E-state index < -0.39 is 0 Å². The van der Waals surface area contributed by atoms with Gasteiger partial charge in [0.25, 0.3) is 0 Å². The van der Waals surface area contributed by atoms with Gasteiger partial charge in [-0.15, -0.1) is 11.8 Å². The number of hydrogen-bond acceptors (Lipinski definition) is 3. The molecule has 4 heteroatoms. The zero-order valence-corrected chi connectivity index (χ0v) is 12.2. The van der Waals surface area contributed by atoms with Gasteiger partial charge in [0.05, 0.1) is 5.75 Å². The number of carbonyl (C=O) groups excluding carboxylic acids is 1. The zero-order chi connectivity index (χ0) is 14.4. The third-order valence-corrected chi connectivity index (χ3v) is 3.81. The number of amides is 1. The van der Waals surface area contributed by atoms with Crippen molar-refractivity contribution in [1.82, 2.24) is 0 Å². The van der Waals surface area contributed by atoms with Crippen LogP contribution in [0.1, 0.15) is 18.5 Å². The molecule has 3 nitrogen and oxygen atoms in total. The summed E-state index contributed by atoms with van der Waals surface area (Å²) in [5.41, 5.74) is 7.76. The highest BCUT2D eigenvalue weighted by atomic mass is 32.2. The van der Waals surface area contributed by atoms with E-state index in [0.717, 1.165) is 16.1 Å². The average Bonchev–Trinajstić information content (AvgIpc) is 2.46. The van der Waals surface area contributed by atoms with Gasteiger partial charge in [-0.1, -0.05) is 30.3 Å². The molecule has 1 unspecified atom stereocenters. The minimum atomic E-state index is -0.00704. The van der Waals surface area contributed by atoms with Crippen molar-refractivity contribution in [2.24, 2.45) is 5.73 Å². The van der Waals surface area contributed by atoms with Crippen LogP contribution in [0.25, 0.3) is 0 Å². The maximum Gasteiger partial charge on any atom is 0.234 e. The highest BCUT2D eigenvalue weighted by molar-refractivity contribution is 8.00. The van der Waals surface area contributed by atoms with E-state index in [9.17, 15) is 4.79 Å². The number of anilines is 1. The SMILES string of the molecule is CC(N)c1cccc(SCC(=O)Nc2ccccc2)c1. The molecule has 0 aliphatic heterocycles. The smallest absolute Gasteiger partial charge is 0.234 e. The Kier molecular flexibility index (Phi) is 5.21. The molecule has 0 aliphatic carbocycles. The Hall–Kier alpha value is -1.78. The van der Waals surface area contributed by atoms with Crippen LogP contribution in [0.2, 0.25) is 0 Å². The zero-order valence-electron chi connectivity index (χ0n) is 11.4. The van der Waals surface area contributed by atoms with Crippen LogP contribution in [0.4, 0.5) is 5.69 Å². The molecule has 0 saturated heterocycles. The number of carbonyl (C=O) groups is 1. The Morgan fingerprint density at radius 2 is 1.95 bits per heavy atom. The van der Waals surface area contributed by atoms with Gasteiger partial charge >= 0.3 is 0 Å². The molecule has 2 aromatic rings. The van der Waals surface area contributed by atoms with E-state index in [1.807, 2.05) is 61.5 Å². The van der Waals surface area contributed by atoms with Gasteiger partial charge in [-0.25, -0.2) is 0 Å². The van der Waals surface area contributed by atoms with E-state index in [4.69, 9.17) is 5.73 Å². The lowest BCUT2D eigenvalue weighted by Crippen LogP contribution is -2.13. The predicted molar refractivity (Wildman–Crippen MR) is 84.8 cm³/mol.